The Morgan fingerprint density at radius 1 is 1.19 bits per heavy atom. The van der Waals surface area contributed by atoms with Gasteiger partial charge in [-0.3, -0.25) is 4.79 Å². The Morgan fingerprint density at radius 2 is 1.93 bits per heavy atom. The van der Waals surface area contributed by atoms with Crippen LogP contribution in [0.5, 0.6) is 0 Å². The molecule has 148 valence electrons. The summed E-state index contributed by atoms with van der Waals surface area (Å²) in [7, 11) is 0. The van der Waals surface area contributed by atoms with Crippen molar-refractivity contribution in [2.75, 3.05) is 0 Å². The Kier molecular flexibility index (Phi) is 3.41. The molecule has 0 aromatic heterocycles. The first-order valence-corrected chi connectivity index (χ1v) is 10.2. The molecule has 1 unspecified atom stereocenters. The van der Waals surface area contributed by atoms with Crippen LogP contribution in [0.15, 0.2) is 23.8 Å². The van der Waals surface area contributed by atoms with Crippen molar-refractivity contribution in [1.82, 2.24) is 0 Å². The summed E-state index contributed by atoms with van der Waals surface area (Å²) >= 11 is 0. The summed E-state index contributed by atoms with van der Waals surface area (Å²) in [6, 6.07) is 0. The molecule has 0 aromatic carbocycles. The molecule has 3 saturated carbocycles. The first kappa shape index (κ1) is 18.0. The predicted molar refractivity (Wildman–Crippen MR) is 97.6 cm³/mol. The first-order valence-electron chi connectivity index (χ1n) is 10.2. The van der Waals surface area contributed by atoms with Crippen LogP contribution in [0.25, 0.3) is 0 Å². The van der Waals surface area contributed by atoms with E-state index in [9.17, 15) is 9.90 Å². The summed E-state index contributed by atoms with van der Waals surface area (Å²) in [5.74, 6) is -0.882. The van der Waals surface area contributed by atoms with Gasteiger partial charge in [-0.1, -0.05) is 18.6 Å². The molecule has 0 aromatic rings. The van der Waals surface area contributed by atoms with Crippen molar-refractivity contribution in [1.29, 1.82) is 0 Å². The second-order valence-corrected chi connectivity index (χ2v) is 10.2. The average Bonchev–Trinajstić information content (AvgIpc) is 3.01. The van der Waals surface area contributed by atoms with Crippen molar-refractivity contribution < 1.29 is 23.8 Å². The molecule has 1 N–H and O–H groups in total. The lowest BCUT2D eigenvalue weighted by Crippen LogP contribution is -2.67. The van der Waals surface area contributed by atoms with Crippen molar-refractivity contribution in [3.05, 3.63) is 23.8 Å². The Labute approximate surface area is 159 Å². The lowest BCUT2D eigenvalue weighted by Gasteiger charge is -2.61. The second-order valence-electron chi connectivity index (χ2n) is 10.2. The van der Waals surface area contributed by atoms with E-state index in [-0.39, 0.29) is 35.2 Å². The lowest BCUT2D eigenvalue weighted by atomic mass is 9.46. The van der Waals surface area contributed by atoms with Crippen LogP contribution in [0.2, 0.25) is 0 Å². The minimum atomic E-state index is -1.77. The van der Waals surface area contributed by atoms with Gasteiger partial charge < -0.3 is 14.6 Å². The highest BCUT2D eigenvalue weighted by atomic mass is 19.1. The summed E-state index contributed by atoms with van der Waals surface area (Å²) in [4.78, 5) is 11.9. The van der Waals surface area contributed by atoms with Crippen LogP contribution in [-0.4, -0.2) is 40.7 Å². The summed E-state index contributed by atoms with van der Waals surface area (Å²) < 4.78 is 29.2. The van der Waals surface area contributed by atoms with E-state index in [2.05, 4.69) is 6.92 Å². The van der Waals surface area contributed by atoms with Crippen molar-refractivity contribution >= 4 is 5.78 Å². The number of rotatable bonds is 0. The standard InChI is InChI=1S/C22H29FO4/c1-19(2)26-16-10-15-14-6-5-12-9-13(24)7-8-21(12,4)22(14,23)17(25)11-20(15,3)18(16)27-19/h7-9,14-18,25H,5-6,10-11H2,1-4H3/t14?,15-,16+,17-,18+,20-,21-,22-/m0/s1. The lowest BCUT2D eigenvalue weighted by molar-refractivity contribution is -0.225. The summed E-state index contributed by atoms with van der Waals surface area (Å²) in [5, 5.41) is 11.2. The number of carbonyl (C=O) groups excluding carboxylic acids is 1. The van der Waals surface area contributed by atoms with Crippen LogP contribution < -0.4 is 0 Å². The molecule has 0 radical (unpaired) electrons. The van der Waals surface area contributed by atoms with Crippen molar-refractivity contribution in [3.63, 3.8) is 0 Å². The van der Waals surface area contributed by atoms with E-state index in [4.69, 9.17) is 9.47 Å². The normalized spacial score (nSPS) is 55.4. The number of hydrogen-bond acceptors (Lipinski definition) is 4. The quantitative estimate of drug-likeness (QED) is 0.703. The molecule has 1 aliphatic heterocycles. The van der Waals surface area contributed by atoms with E-state index < -0.39 is 23.0 Å². The van der Waals surface area contributed by atoms with Crippen LogP contribution in [0, 0.1) is 22.7 Å². The molecule has 4 aliphatic carbocycles. The van der Waals surface area contributed by atoms with Crippen molar-refractivity contribution in [2.45, 2.75) is 83.1 Å². The summed E-state index contributed by atoms with van der Waals surface area (Å²) in [6.45, 7) is 7.84. The zero-order valence-electron chi connectivity index (χ0n) is 16.5. The molecule has 5 rings (SSSR count). The SMILES string of the molecule is CC1(C)O[C@@H]2[C@@H](C[C@H]3C4CCC5=CC(=O)C=C[C@]5(C)[C@@]4(F)[C@@H](O)C[C@]23C)O1. The predicted octanol–water partition coefficient (Wildman–Crippen LogP) is 3.49. The number of aliphatic hydroxyl groups is 1. The third-order valence-electron chi connectivity index (χ3n) is 8.40. The fraction of sp³-hybridized carbons (Fsp3) is 0.773. The summed E-state index contributed by atoms with van der Waals surface area (Å²) in [6.07, 6.45) is 5.98. The van der Waals surface area contributed by atoms with Crippen molar-refractivity contribution in [3.8, 4) is 0 Å². The van der Waals surface area contributed by atoms with Crippen molar-refractivity contribution in [2.24, 2.45) is 22.7 Å². The number of fused-ring (bicyclic) bond motifs is 7. The van der Waals surface area contributed by atoms with Gasteiger partial charge in [-0.2, -0.15) is 0 Å². The fourth-order valence-electron chi connectivity index (χ4n) is 7.18. The first-order chi connectivity index (χ1) is 12.5. The molecule has 4 fully saturated rings. The zero-order valence-corrected chi connectivity index (χ0v) is 16.5. The van der Waals surface area contributed by atoms with Gasteiger partial charge in [0.25, 0.3) is 0 Å². The minimum absolute atomic E-state index is 0.0437. The molecule has 5 heteroatoms. The minimum Gasteiger partial charge on any atom is -0.390 e. The van der Waals surface area contributed by atoms with E-state index >= 15 is 4.39 Å². The second kappa shape index (κ2) is 5.11. The highest BCUT2D eigenvalue weighted by molar-refractivity contribution is 6.01. The molecule has 0 spiro atoms. The molecule has 4 nitrogen and oxygen atoms in total. The van der Waals surface area contributed by atoms with Gasteiger partial charge in [0, 0.05) is 16.7 Å². The Bertz CT molecular complexity index is 772. The molecule has 5 aliphatic rings. The third kappa shape index (κ3) is 2.06. The van der Waals surface area contributed by atoms with Gasteiger partial charge in [0.05, 0.1) is 18.3 Å². The molecule has 0 amide bonds. The molecular weight excluding hydrogens is 347 g/mol. The van der Waals surface area contributed by atoms with Gasteiger partial charge in [-0.05, 0) is 64.5 Å². The van der Waals surface area contributed by atoms with Gasteiger partial charge >= 0.3 is 0 Å². The van der Waals surface area contributed by atoms with E-state index in [0.717, 1.165) is 12.0 Å². The van der Waals surface area contributed by atoms with Gasteiger partial charge in [-0.25, -0.2) is 4.39 Å². The summed E-state index contributed by atoms with van der Waals surface area (Å²) in [5.41, 5.74) is -2.18. The molecule has 0 bridgehead atoms. The van der Waals surface area contributed by atoms with E-state index in [1.54, 1.807) is 12.2 Å². The molecule has 27 heavy (non-hydrogen) atoms. The van der Waals surface area contributed by atoms with Crippen LogP contribution in [0.3, 0.4) is 0 Å². The zero-order chi connectivity index (χ0) is 19.4. The van der Waals surface area contributed by atoms with Crippen LogP contribution >= 0.6 is 0 Å². The maximum atomic E-state index is 16.9. The highest BCUT2D eigenvalue weighted by Gasteiger charge is 2.73. The molecule has 1 heterocycles. The number of allylic oxidation sites excluding steroid dienone is 4. The van der Waals surface area contributed by atoms with E-state index in [1.165, 1.54) is 6.08 Å². The van der Waals surface area contributed by atoms with Gasteiger partial charge in [0.15, 0.2) is 17.2 Å². The average molecular weight is 376 g/mol. The fourth-order valence-corrected chi connectivity index (χ4v) is 7.18. The monoisotopic (exact) mass is 376 g/mol. The Hall–Kier alpha value is -1.04. The maximum Gasteiger partial charge on any atom is 0.178 e. The largest absolute Gasteiger partial charge is 0.390 e. The van der Waals surface area contributed by atoms with Gasteiger partial charge in [0.2, 0.25) is 0 Å². The number of ketones is 1. The third-order valence-corrected chi connectivity index (χ3v) is 8.40. The highest BCUT2D eigenvalue weighted by Crippen LogP contribution is 2.69. The molecule has 8 atom stereocenters. The smallest absolute Gasteiger partial charge is 0.178 e. The van der Waals surface area contributed by atoms with E-state index in [0.29, 0.717) is 19.3 Å². The Morgan fingerprint density at radius 3 is 2.67 bits per heavy atom. The van der Waals surface area contributed by atoms with E-state index in [1.807, 2.05) is 20.8 Å². The number of hydrogen-bond donors (Lipinski definition) is 1. The van der Waals surface area contributed by atoms with Gasteiger partial charge in [0.1, 0.15) is 0 Å². The van der Waals surface area contributed by atoms with Crippen LogP contribution in [0.1, 0.15) is 53.4 Å². The van der Waals surface area contributed by atoms with Gasteiger partial charge in [-0.15, -0.1) is 0 Å². The molecular formula is C22H29FO4. The Balaban J connectivity index is 1.57. The number of aliphatic hydroxyl groups excluding tert-OH is 1. The number of alkyl halides is 1. The number of halogens is 1. The van der Waals surface area contributed by atoms with Crippen LogP contribution in [0.4, 0.5) is 4.39 Å². The number of carbonyl (C=O) groups is 1. The maximum absolute atomic E-state index is 16.9. The molecule has 1 saturated heterocycles. The van der Waals surface area contributed by atoms with Crippen LogP contribution in [-0.2, 0) is 14.3 Å². The topological polar surface area (TPSA) is 55.8 Å². The number of ether oxygens (including phenoxy) is 2.